The summed E-state index contributed by atoms with van der Waals surface area (Å²) in [6.07, 6.45) is 6.16. The van der Waals surface area contributed by atoms with Crippen LogP contribution in [0.3, 0.4) is 0 Å². The van der Waals surface area contributed by atoms with Gasteiger partial charge in [-0.3, -0.25) is 9.89 Å². The lowest BCUT2D eigenvalue weighted by Gasteiger charge is -2.20. The summed E-state index contributed by atoms with van der Waals surface area (Å²) in [6, 6.07) is 0.529. The van der Waals surface area contributed by atoms with E-state index in [1.54, 1.807) is 0 Å². The maximum atomic E-state index is 12.0. The molecule has 0 radical (unpaired) electrons. The molecule has 0 unspecified atom stereocenters. The first-order chi connectivity index (χ1) is 10.2. The van der Waals surface area contributed by atoms with Gasteiger partial charge in [-0.1, -0.05) is 0 Å². The van der Waals surface area contributed by atoms with Crippen molar-refractivity contribution in [3.05, 3.63) is 10.6 Å². The Bertz CT molecular complexity index is 543. The molecule has 2 fully saturated rings. The van der Waals surface area contributed by atoms with Gasteiger partial charge in [-0.05, 0) is 55.3 Å². The molecule has 1 aliphatic heterocycles. The number of nitrogens with zero attached hydrogens (tertiary/aromatic N) is 2. The fraction of sp³-hybridized carbons (Fsp3) is 0.786. The molecular weight excluding hydrogens is 304 g/mol. The third-order valence-electron chi connectivity index (χ3n) is 4.18. The summed E-state index contributed by atoms with van der Waals surface area (Å²) in [4.78, 5) is 12.0. The molecule has 1 aromatic heterocycles. The van der Waals surface area contributed by atoms with Crippen LogP contribution in [0.4, 0.5) is 0 Å². The van der Waals surface area contributed by atoms with Gasteiger partial charge in [0, 0.05) is 25.4 Å². The molecule has 21 heavy (non-hydrogen) atoms. The number of rotatable bonds is 6. The van der Waals surface area contributed by atoms with Crippen molar-refractivity contribution in [3.8, 4) is 0 Å². The topological polar surface area (TPSA) is 62.7 Å². The van der Waals surface area contributed by atoms with E-state index in [0.29, 0.717) is 29.7 Å². The lowest BCUT2D eigenvalue weighted by atomic mass is 9.98. The molecule has 2 heterocycles. The van der Waals surface area contributed by atoms with E-state index >= 15 is 0 Å². The summed E-state index contributed by atoms with van der Waals surface area (Å²) in [7, 11) is 0. The molecule has 0 bridgehead atoms. The first-order valence-electron chi connectivity index (χ1n) is 7.74. The van der Waals surface area contributed by atoms with Gasteiger partial charge in [0.2, 0.25) is 5.91 Å². The number of nitrogens with one attached hydrogen (secondary N) is 2. The van der Waals surface area contributed by atoms with Crippen LogP contribution in [-0.2, 0) is 11.2 Å². The summed E-state index contributed by atoms with van der Waals surface area (Å²) in [5.41, 5.74) is 0. The number of H-pyrrole nitrogens is 1. The number of hydrogen-bond donors (Lipinski definition) is 2. The zero-order chi connectivity index (χ0) is 14.7. The fourth-order valence-electron chi connectivity index (χ4n) is 2.82. The quantitative estimate of drug-likeness (QED) is 0.788. The molecule has 1 saturated heterocycles. The van der Waals surface area contributed by atoms with Crippen LogP contribution in [-0.4, -0.2) is 38.7 Å². The predicted molar refractivity (Wildman–Crippen MR) is 87.1 cm³/mol. The van der Waals surface area contributed by atoms with E-state index in [1.807, 2.05) is 11.8 Å². The Morgan fingerprint density at radius 3 is 2.86 bits per heavy atom. The molecule has 0 aromatic carbocycles. The number of hydrogen-bond acceptors (Lipinski definition) is 4. The smallest absolute Gasteiger partial charge is 0.220 e. The van der Waals surface area contributed by atoms with E-state index in [0.717, 1.165) is 12.2 Å². The number of carbonyl (C=O) groups excluding carboxylic acids is 1. The largest absolute Gasteiger partial charge is 0.356 e. The molecule has 3 rings (SSSR count). The highest BCUT2D eigenvalue weighted by Gasteiger charge is 2.27. The zero-order valence-corrected chi connectivity index (χ0v) is 13.8. The number of aromatic nitrogens is 3. The summed E-state index contributed by atoms with van der Waals surface area (Å²) in [6.45, 7) is 0.645. The van der Waals surface area contributed by atoms with Gasteiger partial charge in [-0.25, -0.2) is 0 Å². The molecule has 116 valence electrons. The Morgan fingerprint density at radius 1 is 1.38 bits per heavy atom. The third-order valence-corrected chi connectivity index (χ3v) is 5.51. The number of thioether (sulfide) groups is 1. The van der Waals surface area contributed by atoms with Crippen LogP contribution < -0.4 is 5.32 Å². The van der Waals surface area contributed by atoms with Crippen LogP contribution in [0.15, 0.2) is 0 Å². The molecule has 7 heteroatoms. The lowest BCUT2D eigenvalue weighted by molar-refractivity contribution is -0.122. The number of aromatic amines is 1. The molecule has 5 nitrogen and oxygen atoms in total. The van der Waals surface area contributed by atoms with E-state index in [1.165, 1.54) is 37.2 Å². The first kappa shape index (κ1) is 15.1. The minimum Gasteiger partial charge on any atom is -0.356 e. The van der Waals surface area contributed by atoms with Crippen molar-refractivity contribution in [1.82, 2.24) is 20.1 Å². The fourth-order valence-corrected chi connectivity index (χ4v) is 4.33. The van der Waals surface area contributed by atoms with Gasteiger partial charge >= 0.3 is 0 Å². The van der Waals surface area contributed by atoms with E-state index in [4.69, 9.17) is 12.2 Å². The van der Waals surface area contributed by atoms with Gasteiger partial charge in [-0.2, -0.15) is 16.9 Å². The third kappa shape index (κ3) is 4.10. The van der Waals surface area contributed by atoms with Crippen LogP contribution in [0.2, 0.25) is 0 Å². The van der Waals surface area contributed by atoms with E-state index in [2.05, 4.69) is 20.1 Å². The highest BCUT2D eigenvalue weighted by molar-refractivity contribution is 7.99. The monoisotopic (exact) mass is 326 g/mol. The summed E-state index contributed by atoms with van der Waals surface area (Å²) >= 11 is 7.25. The second-order valence-electron chi connectivity index (χ2n) is 5.91. The van der Waals surface area contributed by atoms with E-state index in [-0.39, 0.29) is 5.91 Å². The maximum Gasteiger partial charge on any atom is 0.220 e. The van der Waals surface area contributed by atoms with Crippen molar-refractivity contribution in [3.63, 3.8) is 0 Å². The Morgan fingerprint density at radius 2 is 2.14 bits per heavy atom. The Kier molecular flexibility index (Phi) is 5.00. The minimum absolute atomic E-state index is 0.180. The van der Waals surface area contributed by atoms with Gasteiger partial charge in [0.1, 0.15) is 5.82 Å². The number of carbonyl (C=O) groups is 1. The van der Waals surface area contributed by atoms with Crippen molar-refractivity contribution in [2.75, 3.05) is 18.1 Å². The Hall–Kier alpha value is -0.820. The molecule has 0 spiro atoms. The van der Waals surface area contributed by atoms with Crippen LogP contribution >= 0.6 is 24.0 Å². The average Bonchev–Trinajstić information content (AvgIpc) is 3.24. The molecule has 0 atom stereocenters. The van der Waals surface area contributed by atoms with Crippen LogP contribution in [0.5, 0.6) is 0 Å². The normalized spacial score (nSPS) is 19.6. The second kappa shape index (κ2) is 6.96. The zero-order valence-electron chi connectivity index (χ0n) is 12.1. The molecule has 1 amide bonds. The van der Waals surface area contributed by atoms with Gasteiger partial charge in [0.05, 0.1) is 0 Å². The van der Waals surface area contributed by atoms with Crippen LogP contribution in [0, 0.1) is 10.7 Å². The van der Waals surface area contributed by atoms with Crippen LogP contribution in [0.25, 0.3) is 0 Å². The predicted octanol–water partition coefficient (Wildman–Crippen LogP) is 2.47. The summed E-state index contributed by atoms with van der Waals surface area (Å²) in [5.74, 6) is 4.13. The van der Waals surface area contributed by atoms with Crippen molar-refractivity contribution >= 4 is 29.9 Å². The van der Waals surface area contributed by atoms with E-state index in [9.17, 15) is 4.79 Å². The summed E-state index contributed by atoms with van der Waals surface area (Å²) in [5, 5.41) is 10.2. The molecule has 2 N–H and O–H groups in total. The van der Waals surface area contributed by atoms with Crippen LogP contribution in [0.1, 0.15) is 44.0 Å². The van der Waals surface area contributed by atoms with Crippen molar-refractivity contribution in [1.29, 1.82) is 0 Å². The highest BCUT2D eigenvalue weighted by Crippen LogP contribution is 2.35. The van der Waals surface area contributed by atoms with Gasteiger partial charge in [0.25, 0.3) is 0 Å². The molecule has 1 aromatic rings. The highest BCUT2D eigenvalue weighted by atomic mass is 32.2. The second-order valence-corrected chi connectivity index (χ2v) is 7.52. The lowest BCUT2D eigenvalue weighted by Crippen LogP contribution is -2.29. The van der Waals surface area contributed by atoms with Gasteiger partial charge < -0.3 is 9.88 Å². The van der Waals surface area contributed by atoms with Crippen molar-refractivity contribution in [2.24, 2.45) is 5.92 Å². The molecule has 2 aliphatic rings. The Labute approximate surface area is 134 Å². The minimum atomic E-state index is 0.180. The average molecular weight is 326 g/mol. The Balaban J connectivity index is 1.43. The molecular formula is C14H22N4OS2. The van der Waals surface area contributed by atoms with E-state index < -0.39 is 0 Å². The molecule has 1 saturated carbocycles. The standard InChI is InChI=1S/C14H22N4OS2/c19-13(9-10-4-7-21-8-5-10)15-6-3-12-16-17-14(20)18(12)11-1-2-11/h10-11H,1-9H2,(H,15,19)(H,17,20). The maximum absolute atomic E-state index is 12.0. The van der Waals surface area contributed by atoms with Gasteiger partial charge in [0.15, 0.2) is 4.77 Å². The molecule has 1 aliphatic carbocycles. The first-order valence-corrected chi connectivity index (χ1v) is 9.30. The SMILES string of the molecule is O=C(CC1CCSCC1)NCCc1n[nH]c(=S)n1C1CC1. The summed E-state index contributed by atoms with van der Waals surface area (Å²) < 4.78 is 2.82. The van der Waals surface area contributed by atoms with Crippen molar-refractivity contribution in [2.45, 2.75) is 44.6 Å². The number of amides is 1. The van der Waals surface area contributed by atoms with Gasteiger partial charge in [-0.15, -0.1) is 0 Å². The van der Waals surface area contributed by atoms with Crippen molar-refractivity contribution < 1.29 is 4.79 Å².